The van der Waals surface area contributed by atoms with E-state index in [1.807, 2.05) is 6.92 Å². The van der Waals surface area contributed by atoms with E-state index in [1.54, 1.807) is 6.92 Å². The minimum Gasteiger partial charge on any atom is -0.478 e. The number of aromatic carboxylic acids is 1. The summed E-state index contributed by atoms with van der Waals surface area (Å²) in [7, 11) is -3.71. The molecule has 0 aromatic heterocycles. The molecule has 21 heavy (non-hydrogen) atoms. The van der Waals surface area contributed by atoms with Crippen LogP contribution >= 0.6 is 15.9 Å². The molecule has 1 saturated carbocycles. The molecule has 1 fully saturated rings. The highest BCUT2D eigenvalue weighted by Crippen LogP contribution is 2.39. The van der Waals surface area contributed by atoms with Crippen molar-refractivity contribution in [1.82, 2.24) is 4.72 Å². The topological polar surface area (TPSA) is 83.5 Å². The summed E-state index contributed by atoms with van der Waals surface area (Å²) >= 11 is 3.22. The lowest BCUT2D eigenvalue weighted by molar-refractivity contribution is 0.0695. The molecule has 0 unspecified atom stereocenters. The van der Waals surface area contributed by atoms with Crippen LogP contribution in [-0.2, 0) is 10.0 Å². The first-order chi connectivity index (χ1) is 9.65. The first-order valence-corrected chi connectivity index (χ1v) is 8.95. The maximum Gasteiger partial charge on any atom is 0.336 e. The zero-order valence-corrected chi connectivity index (χ0v) is 14.3. The Morgan fingerprint density at radius 1 is 1.43 bits per heavy atom. The fraction of sp³-hybridized carbons (Fsp3) is 0.500. The molecule has 7 heteroatoms. The SMILES string of the molecule is Cc1c(Br)cc(S(=O)(=O)NCC2(C)CCC2)cc1C(=O)O. The van der Waals surface area contributed by atoms with Crippen LogP contribution in [0.2, 0.25) is 0 Å². The summed E-state index contributed by atoms with van der Waals surface area (Å²) in [6, 6.07) is 2.64. The van der Waals surface area contributed by atoms with Crippen molar-refractivity contribution in [3.05, 3.63) is 27.7 Å². The van der Waals surface area contributed by atoms with Gasteiger partial charge in [0.25, 0.3) is 0 Å². The molecular weight excluding hydrogens is 358 g/mol. The molecule has 1 aliphatic rings. The molecule has 0 atom stereocenters. The standard InChI is InChI=1S/C14H18BrNO4S/c1-9-11(13(17)18)6-10(7-12(9)15)21(19,20)16-8-14(2)4-3-5-14/h6-7,16H,3-5,8H2,1-2H3,(H,17,18). The molecule has 0 amide bonds. The largest absolute Gasteiger partial charge is 0.478 e. The van der Waals surface area contributed by atoms with Gasteiger partial charge >= 0.3 is 5.97 Å². The first-order valence-electron chi connectivity index (χ1n) is 6.68. The second-order valence-corrected chi connectivity index (χ2v) is 8.49. The Bertz CT molecular complexity index is 680. The molecule has 0 saturated heterocycles. The predicted molar refractivity (Wildman–Crippen MR) is 83.0 cm³/mol. The fourth-order valence-corrected chi connectivity index (χ4v) is 4.20. The number of carboxylic acid groups (broad SMARTS) is 1. The van der Waals surface area contributed by atoms with Crippen LogP contribution in [0.1, 0.15) is 42.1 Å². The molecule has 5 nitrogen and oxygen atoms in total. The van der Waals surface area contributed by atoms with Gasteiger partial charge in [0.1, 0.15) is 0 Å². The number of carboxylic acids is 1. The zero-order chi connectivity index (χ0) is 15.8. The van der Waals surface area contributed by atoms with Crippen molar-refractivity contribution >= 4 is 31.9 Å². The third kappa shape index (κ3) is 3.46. The Balaban J connectivity index is 2.29. The highest BCUT2D eigenvalue weighted by Gasteiger charge is 2.33. The normalized spacial score (nSPS) is 17.3. The van der Waals surface area contributed by atoms with Gasteiger partial charge in [-0.05, 0) is 42.9 Å². The molecule has 0 heterocycles. The molecule has 0 spiro atoms. The number of benzene rings is 1. The van der Waals surface area contributed by atoms with Crippen LogP contribution in [0.3, 0.4) is 0 Å². The average Bonchev–Trinajstić information content (AvgIpc) is 2.36. The van der Waals surface area contributed by atoms with E-state index in [2.05, 4.69) is 20.7 Å². The van der Waals surface area contributed by atoms with Crippen molar-refractivity contribution in [2.75, 3.05) is 6.54 Å². The highest BCUT2D eigenvalue weighted by atomic mass is 79.9. The van der Waals surface area contributed by atoms with E-state index in [-0.39, 0.29) is 15.9 Å². The Hall–Kier alpha value is -0.920. The summed E-state index contributed by atoms with van der Waals surface area (Å²) in [5, 5.41) is 9.15. The summed E-state index contributed by atoms with van der Waals surface area (Å²) in [5.41, 5.74) is 0.511. The van der Waals surface area contributed by atoms with Gasteiger partial charge in [-0.15, -0.1) is 0 Å². The van der Waals surface area contributed by atoms with Gasteiger partial charge in [0.2, 0.25) is 10.0 Å². The van der Waals surface area contributed by atoms with Crippen LogP contribution < -0.4 is 4.72 Å². The molecule has 2 rings (SSSR count). The average molecular weight is 376 g/mol. The molecule has 0 bridgehead atoms. The van der Waals surface area contributed by atoms with Crippen LogP contribution in [0.5, 0.6) is 0 Å². The van der Waals surface area contributed by atoms with Crippen molar-refractivity contribution < 1.29 is 18.3 Å². The number of halogens is 1. The number of sulfonamides is 1. The number of carbonyl (C=O) groups is 1. The minimum atomic E-state index is -3.71. The van der Waals surface area contributed by atoms with Crippen molar-refractivity contribution in [3.8, 4) is 0 Å². The smallest absolute Gasteiger partial charge is 0.336 e. The maximum atomic E-state index is 12.3. The highest BCUT2D eigenvalue weighted by molar-refractivity contribution is 9.10. The van der Waals surface area contributed by atoms with Gasteiger partial charge in [-0.1, -0.05) is 29.3 Å². The summed E-state index contributed by atoms with van der Waals surface area (Å²) < 4.78 is 27.7. The van der Waals surface area contributed by atoms with Crippen LogP contribution in [0.4, 0.5) is 0 Å². The molecule has 0 aliphatic heterocycles. The number of hydrogen-bond donors (Lipinski definition) is 2. The molecule has 1 aromatic carbocycles. The molecule has 116 valence electrons. The Labute approximate surface area is 132 Å². The van der Waals surface area contributed by atoms with Crippen LogP contribution in [-0.4, -0.2) is 26.0 Å². The van der Waals surface area contributed by atoms with E-state index in [0.717, 1.165) is 19.3 Å². The summed E-state index contributed by atoms with van der Waals surface area (Å²) in [5.74, 6) is -1.14. The van der Waals surface area contributed by atoms with Gasteiger partial charge in [-0.2, -0.15) is 0 Å². The van der Waals surface area contributed by atoms with E-state index >= 15 is 0 Å². The van der Waals surface area contributed by atoms with Gasteiger partial charge < -0.3 is 5.11 Å². The van der Waals surface area contributed by atoms with Gasteiger partial charge in [0.15, 0.2) is 0 Å². The first kappa shape index (κ1) is 16.5. The molecule has 1 aliphatic carbocycles. The molecular formula is C14H18BrNO4S. The Morgan fingerprint density at radius 2 is 2.05 bits per heavy atom. The third-order valence-corrected chi connectivity index (χ3v) is 6.31. The maximum absolute atomic E-state index is 12.3. The van der Waals surface area contributed by atoms with E-state index < -0.39 is 16.0 Å². The monoisotopic (exact) mass is 375 g/mol. The van der Waals surface area contributed by atoms with E-state index in [4.69, 9.17) is 5.11 Å². The second-order valence-electron chi connectivity index (χ2n) is 5.87. The quantitative estimate of drug-likeness (QED) is 0.828. The number of rotatable bonds is 5. The van der Waals surface area contributed by atoms with E-state index in [9.17, 15) is 13.2 Å². The fourth-order valence-electron chi connectivity index (χ4n) is 2.34. The lowest BCUT2D eigenvalue weighted by Gasteiger charge is -2.38. The summed E-state index contributed by atoms with van der Waals surface area (Å²) in [6.45, 7) is 4.06. The second kappa shape index (κ2) is 5.70. The van der Waals surface area contributed by atoms with Crippen LogP contribution in [0.15, 0.2) is 21.5 Å². The lowest BCUT2D eigenvalue weighted by atomic mass is 9.71. The number of hydrogen-bond acceptors (Lipinski definition) is 3. The summed E-state index contributed by atoms with van der Waals surface area (Å²) in [4.78, 5) is 11.2. The zero-order valence-electron chi connectivity index (χ0n) is 11.9. The van der Waals surface area contributed by atoms with E-state index in [1.165, 1.54) is 12.1 Å². The van der Waals surface area contributed by atoms with Gasteiger partial charge in [0.05, 0.1) is 10.5 Å². The Morgan fingerprint density at radius 3 is 2.52 bits per heavy atom. The van der Waals surface area contributed by atoms with Crippen LogP contribution in [0.25, 0.3) is 0 Å². The van der Waals surface area contributed by atoms with Gasteiger partial charge in [-0.3, -0.25) is 0 Å². The van der Waals surface area contributed by atoms with Crippen molar-refractivity contribution in [2.24, 2.45) is 5.41 Å². The predicted octanol–water partition coefficient (Wildman–Crippen LogP) is 2.92. The van der Waals surface area contributed by atoms with Gasteiger partial charge in [0, 0.05) is 11.0 Å². The number of nitrogens with one attached hydrogen (secondary N) is 1. The molecule has 2 N–H and O–H groups in total. The van der Waals surface area contributed by atoms with Crippen molar-refractivity contribution in [1.29, 1.82) is 0 Å². The minimum absolute atomic E-state index is 0.0143. The van der Waals surface area contributed by atoms with Crippen LogP contribution in [0, 0.1) is 12.3 Å². The lowest BCUT2D eigenvalue weighted by Crippen LogP contribution is -2.39. The van der Waals surface area contributed by atoms with Crippen molar-refractivity contribution in [2.45, 2.75) is 38.0 Å². The van der Waals surface area contributed by atoms with E-state index in [0.29, 0.717) is 16.6 Å². The summed E-state index contributed by atoms with van der Waals surface area (Å²) in [6.07, 6.45) is 3.14. The molecule has 1 aromatic rings. The van der Waals surface area contributed by atoms with Crippen molar-refractivity contribution in [3.63, 3.8) is 0 Å². The van der Waals surface area contributed by atoms with Gasteiger partial charge in [-0.25, -0.2) is 17.9 Å². The Kier molecular flexibility index (Phi) is 4.46. The molecule has 0 radical (unpaired) electrons. The third-order valence-electron chi connectivity index (χ3n) is 4.11.